The zero-order valence-electron chi connectivity index (χ0n) is 13.1. The summed E-state index contributed by atoms with van der Waals surface area (Å²) in [6.07, 6.45) is 20.9. The summed E-state index contributed by atoms with van der Waals surface area (Å²) in [5, 5.41) is 0.910. The molecule has 0 spiro atoms. The highest BCUT2D eigenvalue weighted by molar-refractivity contribution is 7.99. The average Bonchev–Trinajstić information content (AvgIpc) is 2.55. The maximum absolute atomic E-state index is 4.48. The predicted octanol–water partition coefficient (Wildman–Crippen LogP) is 5.66. The summed E-state index contributed by atoms with van der Waals surface area (Å²) >= 11 is 1.78. The van der Waals surface area contributed by atoms with Crippen molar-refractivity contribution in [2.75, 3.05) is 5.75 Å². The van der Waals surface area contributed by atoms with Gasteiger partial charge in [0.2, 0.25) is 0 Å². The maximum atomic E-state index is 4.48. The van der Waals surface area contributed by atoms with Gasteiger partial charge in [0, 0.05) is 23.7 Å². The first kappa shape index (κ1) is 16.3. The second-order valence-corrected chi connectivity index (χ2v) is 6.57. The Hall–Kier alpha value is -1.09. The summed E-state index contributed by atoms with van der Waals surface area (Å²) in [5.74, 6) is 1.13. The molecule has 2 rings (SSSR count). The van der Waals surface area contributed by atoms with E-state index in [4.69, 9.17) is 0 Å². The van der Waals surface area contributed by atoms with E-state index in [2.05, 4.69) is 35.1 Å². The standard InChI is InChI=1S/C18H26N2S/c1-2-3-4-5-6-10-13-21-18-19-14-17(15-20-18)16-11-8-7-9-12-16/h8,11-12,14-15H,2-7,9-10,13H2,1H3. The Labute approximate surface area is 133 Å². The van der Waals surface area contributed by atoms with Crippen molar-refractivity contribution in [2.24, 2.45) is 0 Å². The molecule has 1 aliphatic rings. The number of hydrogen-bond donors (Lipinski definition) is 0. The lowest BCUT2D eigenvalue weighted by molar-refractivity contribution is 0.627. The van der Waals surface area contributed by atoms with Gasteiger partial charge < -0.3 is 0 Å². The molecule has 0 saturated heterocycles. The van der Waals surface area contributed by atoms with Crippen LogP contribution in [0.2, 0.25) is 0 Å². The molecular formula is C18H26N2S. The molecule has 0 radical (unpaired) electrons. The van der Waals surface area contributed by atoms with Crippen LogP contribution in [-0.2, 0) is 0 Å². The zero-order chi connectivity index (χ0) is 14.8. The molecule has 0 N–H and O–H groups in total. The quantitative estimate of drug-likeness (QED) is 0.334. The fraction of sp³-hybridized carbons (Fsp3) is 0.556. The zero-order valence-corrected chi connectivity index (χ0v) is 13.9. The monoisotopic (exact) mass is 302 g/mol. The van der Waals surface area contributed by atoms with Crippen molar-refractivity contribution in [3.8, 4) is 0 Å². The Bertz CT molecular complexity index is 463. The number of allylic oxidation sites excluding steroid dienone is 4. The number of thioether (sulfide) groups is 1. The molecule has 0 aliphatic heterocycles. The van der Waals surface area contributed by atoms with Crippen LogP contribution in [0.25, 0.3) is 5.57 Å². The summed E-state index contributed by atoms with van der Waals surface area (Å²) in [6.45, 7) is 2.26. The number of rotatable bonds is 9. The van der Waals surface area contributed by atoms with E-state index in [-0.39, 0.29) is 0 Å². The summed E-state index contributed by atoms with van der Waals surface area (Å²) in [5.41, 5.74) is 2.39. The van der Waals surface area contributed by atoms with Crippen molar-refractivity contribution < 1.29 is 0 Å². The Kier molecular flexibility index (Phi) is 7.58. The molecule has 1 aliphatic carbocycles. The molecule has 1 aromatic rings. The van der Waals surface area contributed by atoms with Gasteiger partial charge in [-0.3, -0.25) is 0 Å². The van der Waals surface area contributed by atoms with Gasteiger partial charge in [0.15, 0.2) is 5.16 Å². The molecule has 2 nitrogen and oxygen atoms in total. The molecule has 3 heteroatoms. The maximum Gasteiger partial charge on any atom is 0.187 e. The lowest BCUT2D eigenvalue weighted by Crippen LogP contribution is -1.92. The summed E-state index contributed by atoms with van der Waals surface area (Å²) in [6, 6.07) is 0. The van der Waals surface area contributed by atoms with E-state index in [9.17, 15) is 0 Å². The Morgan fingerprint density at radius 2 is 1.76 bits per heavy atom. The van der Waals surface area contributed by atoms with Gasteiger partial charge in [-0.25, -0.2) is 9.97 Å². The summed E-state index contributed by atoms with van der Waals surface area (Å²) < 4.78 is 0. The van der Waals surface area contributed by atoms with Gasteiger partial charge in [-0.05, 0) is 24.8 Å². The van der Waals surface area contributed by atoms with E-state index in [1.807, 2.05) is 12.4 Å². The molecule has 0 saturated carbocycles. The molecular weight excluding hydrogens is 276 g/mol. The van der Waals surface area contributed by atoms with Gasteiger partial charge in [-0.2, -0.15) is 0 Å². The predicted molar refractivity (Wildman–Crippen MR) is 92.5 cm³/mol. The number of aromatic nitrogens is 2. The van der Waals surface area contributed by atoms with E-state index in [0.29, 0.717) is 0 Å². The van der Waals surface area contributed by atoms with E-state index in [1.54, 1.807) is 11.8 Å². The second kappa shape index (κ2) is 9.78. The molecule has 21 heavy (non-hydrogen) atoms. The van der Waals surface area contributed by atoms with E-state index >= 15 is 0 Å². The Morgan fingerprint density at radius 1 is 1.00 bits per heavy atom. The van der Waals surface area contributed by atoms with Gasteiger partial charge >= 0.3 is 0 Å². The van der Waals surface area contributed by atoms with E-state index < -0.39 is 0 Å². The highest BCUT2D eigenvalue weighted by Crippen LogP contribution is 2.22. The molecule has 0 unspecified atom stereocenters. The molecule has 0 aromatic carbocycles. The third-order valence-corrected chi connectivity index (χ3v) is 4.65. The number of hydrogen-bond acceptors (Lipinski definition) is 3. The normalized spacial score (nSPS) is 14.2. The molecule has 0 atom stereocenters. The lowest BCUT2D eigenvalue weighted by Gasteiger charge is -2.07. The summed E-state index contributed by atoms with van der Waals surface area (Å²) in [4.78, 5) is 8.96. The van der Waals surface area contributed by atoms with Crippen molar-refractivity contribution in [3.05, 3.63) is 36.2 Å². The minimum absolute atomic E-state index is 0.910. The molecule has 1 heterocycles. The fourth-order valence-electron chi connectivity index (χ4n) is 2.41. The van der Waals surface area contributed by atoms with Crippen LogP contribution in [0.4, 0.5) is 0 Å². The Balaban J connectivity index is 1.68. The highest BCUT2D eigenvalue weighted by Gasteiger charge is 2.03. The molecule has 0 amide bonds. The second-order valence-electron chi connectivity index (χ2n) is 5.51. The van der Waals surface area contributed by atoms with Crippen LogP contribution < -0.4 is 0 Å². The van der Waals surface area contributed by atoms with Crippen molar-refractivity contribution >= 4 is 17.3 Å². The van der Waals surface area contributed by atoms with Crippen LogP contribution in [0.1, 0.15) is 63.9 Å². The first-order chi connectivity index (χ1) is 10.4. The van der Waals surface area contributed by atoms with Gasteiger partial charge in [-0.15, -0.1) is 0 Å². The summed E-state index contributed by atoms with van der Waals surface area (Å²) in [7, 11) is 0. The smallest absolute Gasteiger partial charge is 0.187 e. The van der Waals surface area contributed by atoms with Gasteiger partial charge in [0.1, 0.15) is 0 Å². The van der Waals surface area contributed by atoms with Crippen LogP contribution in [0, 0.1) is 0 Å². The van der Waals surface area contributed by atoms with Crippen LogP contribution >= 0.6 is 11.8 Å². The number of unbranched alkanes of at least 4 members (excludes halogenated alkanes) is 5. The van der Waals surface area contributed by atoms with Crippen molar-refractivity contribution in [1.29, 1.82) is 0 Å². The van der Waals surface area contributed by atoms with Crippen molar-refractivity contribution in [2.45, 2.75) is 63.4 Å². The third-order valence-electron chi connectivity index (χ3n) is 3.69. The SMILES string of the molecule is CCCCCCCCSc1ncc(C2=CCCC=C2)cn1. The lowest BCUT2D eigenvalue weighted by atomic mass is 10.0. The minimum atomic E-state index is 0.910. The number of nitrogens with zero attached hydrogens (tertiary/aromatic N) is 2. The van der Waals surface area contributed by atoms with Crippen LogP contribution in [0.15, 0.2) is 35.8 Å². The van der Waals surface area contributed by atoms with Crippen LogP contribution in [0.3, 0.4) is 0 Å². The first-order valence-corrected chi connectivity index (χ1v) is 9.20. The third kappa shape index (κ3) is 6.04. The van der Waals surface area contributed by atoms with Gasteiger partial charge in [-0.1, -0.05) is 69.0 Å². The first-order valence-electron chi connectivity index (χ1n) is 8.22. The van der Waals surface area contributed by atoms with E-state index in [1.165, 1.54) is 44.1 Å². The fourth-order valence-corrected chi connectivity index (χ4v) is 3.20. The topological polar surface area (TPSA) is 25.8 Å². The highest BCUT2D eigenvalue weighted by atomic mass is 32.2. The largest absolute Gasteiger partial charge is 0.230 e. The average molecular weight is 302 g/mol. The van der Waals surface area contributed by atoms with Crippen LogP contribution in [-0.4, -0.2) is 15.7 Å². The van der Waals surface area contributed by atoms with Crippen molar-refractivity contribution in [1.82, 2.24) is 9.97 Å². The molecule has 114 valence electrons. The van der Waals surface area contributed by atoms with Crippen LogP contribution in [0.5, 0.6) is 0 Å². The van der Waals surface area contributed by atoms with Gasteiger partial charge in [0.25, 0.3) is 0 Å². The van der Waals surface area contributed by atoms with E-state index in [0.717, 1.165) is 29.3 Å². The minimum Gasteiger partial charge on any atom is -0.230 e. The van der Waals surface area contributed by atoms with Gasteiger partial charge in [0.05, 0.1) is 0 Å². The van der Waals surface area contributed by atoms with Crippen molar-refractivity contribution in [3.63, 3.8) is 0 Å². The Morgan fingerprint density at radius 3 is 2.48 bits per heavy atom. The molecule has 1 aromatic heterocycles. The molecule has 0 fully saturated rings. The molecule has 0 bridgehead atoms.